The number of thioether (sulfide) groups is 1. The van der Waals surface area contributed by atoms with Gasteiger partial charge in [-0.05, 0) is 24.6 Å². The van der Waals surface area contributed by atoms with E-state index < -0.39 is 10.0 Å². The van der Waals surface area contributed by atoms with Crippen LogP contribution in [0.15, 0.2) is 77.7 Å². The molecule has 1 N–H and O–H groups in total. The fraction of sp³-hybridized carbons (Fsp3) is 0.208. The van der Waals surface area contributed by atoms with Crippen LogP contribution in [0, 0.1) is 6.92 Å². The second-order valence-corrected chi connectivity index (χ2v) is 10.4. The van der Waals surface area contributed by atoms with Crippen LogP contribution in [0.4, 0.5) is 5.69 Å². The molecule has 0 bridgehead atoms. The van der Waals surface area contributed by atoms with E-state index in [0.717, 1.165) is 17.1 Å². The minimum Gasteiger partial charge on any atom is -0.354 e. The number of fused-ring (bicyclic) bond motifs is 3. The van der Waals surface area contributed by atoms with Crippen molar-refractivity contribution in [1.29, 1.82) is 0 Å². The Morgan fingerprint density at radius 2 is 1.71 bits per heavy atom. The Hall–Kier alpha value is -2.77. The van der Waals surface area contributed by atoms with Crippen LogP contribution in [0.5, 0.6) is 0 Å². The number of hydrogen-bond acceptors (Lipinski definition) is 4. The fourth-order valence-electron chi connectivity index (χ4n) is 3.69. The molecule has 0 spiro atoms. The Bertz CT molecular complexity index is 1210. The molecular formula is C24H24N2O3S2. The molecule has 4 rings (SSSR count). The van der Waals surface area contributed by atoms with Gasteiger partial charge in [-0.2, -0.15) is 11.8 Å². The lowest BCUT2D eigenvalue weighted by Crippen LogP contribution is -2.43. The summed E-state index contributed by atoms with van der Waals surface area (Å²) in [5.74, 6) is 1.32. The molecule has 31 heavy (non-hydrogen) atoms. The van der Waals surface area contributed by atoms with Gasteiger partial charge in [0.2, 0.25) is 5.91 Å². The van der Waals surface area contributed by atoms with E-state index in [9.17, 15) is 13.2 Å². The summed E-state index contributed by atoms with van der Waals surface area (Å²) in [6, 6.07) is 22.6. The average Bonchev–Trinajstić information content (AvgIpc) is 2.77. The number of anilines is 1. The number of rotatable bonds is 7. The van der Waals surface area contributed by atoms with Crippen molar-refractivity contribution >= 4 is 33.4 Å². The molecule has 160 valence electrons. The molecule has 0 aromatic heterocycles. The molecular weight excluding hydrogens is 428 g/mol. The summed E-state index contributed by atoms with van der Waals surface area (Å²) in [5.41, 5.74) is 4.50. The van der Waals surface area contributed by atoms with Gasteiger partial charge in [0.25, 0.3) is 10.0 Å². The number of hydrogen-bond donors (Lipinski definition) is 1. The average molecular weight is 453 g/mol. The molecule has 0 radical (unpaired) electrons. The lowest BCUT2D eigenvalue weighted by atomic mass is 10.0. The monoisotopic (exact) mass is 452 g/mol. The van der Waals surface area contributed by atoms with Gasteiger partial charge >= 0.3 is 0 Å². The second kappa shape index (κ2) is 9.16. The molecule has 0 fully saturated rings. The van der Waals surface area contributed by atoms with Gasteiger partial charge in [-0.3, -0.25) is 9.10 Å². The normalized spacial score (nSPS) is 13.9. The predicted octanol–water partition coefficient (Wildman–Crippen LogP) is 4.22. The van der Waals surface area contributed by atoms with Crippen molar-refractivity contribution in [1.82, 2.24) is 5.32 Å². The highest BCUT2D eigenvalue weighted by Crippen LogP contribution is 2.42. The first-order chi connectivity index (χ1) is 15.0. The third-order valence-electron chi connectivity index (χ3n) is 5.13. The third kappa shape index (κ3) is 4.62. The predicted molar refractivity (Wildman–Crippen MR) is 127 cm³/mol. The maximum absolute atomic E-state index is 13.2. The van der Waals surface area contributed by atoms with Crippen LogP contribution in [0.3, 0.4) is 0 Å². The summed E-state index contributed by atoms with van der Waals surface area (Å²) in [7, 11) is -3.80. The number of benzene rings is 3. The Morgan fingerprint density at radius 3 is 2.52 bits per heavy atom. The maximum atomic E-state index is 13.2. The zero-order valence-electron chi connectivity index (χ0n) is 17.2. The number of nitrogens with zero attached hydrogens (tertiary/aromatic N) is 1. The Balaban J connectivity index is 1.39. The lowest BCUT2D eigenvalue weighted by Gasteiger charge is -2.31. The van der Waals surface area contributed by atoms with E-state index in [1.54, 1.807) is 42.1 Å². The molecule has 0 aliphatic carbocycles. The van der Waals surface area contributed by atoms with Crippen molar-refractivity contribution in [3.05, 3.63) is 83.9 Å². The highest BCUT2D eigenvalue weighted by atomic mass is 32.2. The van der Waals surface area contributed by atoms with E-state index in [0.29, 0.717) is 17.8 Å². The zero-order valence-corrected chi connectivity index (χ0v) is 18.9. The standard InChI is InChI=1S/C24H24N2O3S2/c1-18-7-6-8-19(15-18)17-30-14-13-25-24(27)16-26-22-11-4-2-9-20(22)21-10-3-5-12-23(21)31(26,28)29/h2-12,15H,13-14,16-17H2,1H3,(H,25,27). The van der Waals surface area contributed by atoms with Crippen molar-refractivity contribution in [2.24, 2.45) is 0 Å². The molecule has 3 aromatic carbocycles. The van der Waals surface area contributed by atoms with Crippen LogP contribution in [0.1, 0.15) is 11.1 Å². The second-order valence-electron chi connectivity index (χ2n) is 7.42. The van der Waals surface area contributed by atoms with Crippen LogP contribution in [0.25, 0.3) is 11.1 Å². The smallest absolute Gasteiger partial charge is 0.265 e. The van der Waals surface area contributed by atoms with E-state index in [1.807, 2.05) is 24.3 Å². The Labute approximate surface area is 187 Å². The quantitative estimate of drug-likeness (QED) is 0.545. The Kier molecular flexibility index (Phi) is 6.34. The molecule has 0 saturated carbocycles. The number of aryl methyl sites for hydroxylation is 1. The molecule has 0 saturated heterocycles. The molecule has 0 unspecified atom stereocenters. The highest BCUT2D eigenvalue weighted by Gasteiger charge is 2.35. The molecule has 1 amide bonds. The number of amides is 1. The molecule has 1 heterocycles. The molecule has 5 nitrogen and oxygen atoms in total. The number of carbonyl (C=O) groups excluding carboxylic acids is 1. The SMILES string of the molecule is Cc1cccc(CSCCNC(=O)CN2c3ccccc3-c3ccccc3S2(=O)=O)c1. The maximum Gasteiger partial charge on any atom is 0.265 e. The minimum absolute atomic E-state index is 0.232. The van der Waals surface area contributed by atoms with Gasteiger partial charge in [-0.25, -0.2) is 8.42 Å². The van der Waals surface area contributed by atoms with Gasteiger partial charge in [0.05, 0.1) is 10.6 Å². The van der Waals surface area contributed by atoms with Crippen molar-refractivity contribution < 1.29 is 13.2 Å². The van der Waals surface area contributed by atoms with Crippen LogP contribution in [-0.4, -0.2) is 33.2 Å². The van der Waals surface area contributed by atoms with E-state index in [4.69, 9.17) is 0 Å². The number of nitrogens with one attached hydrogen (secondary N) is 1. The van der Waals surface area contributed by atoms with E-state index in [2.05, 4.69) is 30.4 Å². The summed E-state index contributed by atoms with van der Waals surface area (Å²) in [5, 5.41) is 2.85. The van der Waals surface area contributed by atoms with Crippen LogP contribution >= 0.6 is 11.8 Å². The number of sulfonamides is 1. The lowest BCUT2D eigenvalue weighted by molar-refractivity contribution is -0.119. The molecule has 1 aliphatic heterocycles. The molecule has 7 heteroatoms. The van der Waals surface area contributed by atoms with E-state index in [1.165, 1.54) is 15.4 Å². The van der Waals surface area contributed by atoms with E-state index >= 15 is 0 Å². The summed E-state index contributed by atoms with van der Waals surface area (Å²) in [6.07, 6.45) is 0. The van der Waals surface area contributed by atoms with Crippen LogP contribution < -0.4 is 9.62 Å². The van der Waals surface area contributed by atoms with Gasteiger partial charge in [0.15, 0.2) is 0 Å². The van der Waals surface area contributed by atoms with Crippen LogP contribution in [0.2, 0.25) is 0 Å². The Morgan fingerprint density at radius 1 is 0.968 bits per heavy atom. The molecule has 0 atom stereocenters. The topological polar surface area (TPSA) is 66.5 Å². The van der Waals surface area contributed by atoms with E-state index in [-0.39, 0.29) is 17.3 Å². The zero-order chi connectivity index (χ0) is 21.8. The minimum atomic E-state index is -3.80. The van der Waals surface area contributed by atoms with Crippen molar-refractivity contribution in [3.8, 4) is 11.1 Å². The van der Waals surface area contributed by atoms with Gasteiger partial charge in [0, 0.05) is 29.2 Å². The number of carbonyl (C=O) groups is 1. The first-order valence-electron chi connectivity index (χ1n) is 10.1. The largest absolute Gasteiger partial charge is 0.354 e. The summed E-state index contributed by atoms with van der Waals surface area (Å²) in [4.78, 5) is 12.8. The first kappa shape index (κ1) is 21.5. The summed E-state index contributed by atoms with van der Waals surface area (Å²) in [6.45, 7) is 2.32. The fourth-order valence-corrected chi connectivity index (χ4v) is 6.15. The van der Waals surface area contributed by atoms with Crippen molar-refractivity contribution in [2.45, 2.75) is 17.6 Å². The van der Waals surface area contributed by atoms with Gasteiger partial charge in [0.1, 0.15) is 6.54 Å². The first-order valence-corrected chi connectivity index (χ1v) is 12.7. The molecule has 3 aromatic rings. The summed E-state index contributed by atoms with van der Waals surface area (Å²) < 4.78 is 27.6. The third-order valence-corrected chi connectivity index (χ3v) is 7.97. The molecule has 1 aliphatic rings. The van der Waals surface area contributed by atoms with Gasteiger partial charge in [-0.1, -0.05) is 66.2 Å². The summed E-state index contributed by atoms with van der Waals surface area (Å²) >= 11 is 1.74. The van der Waals surface area contributed by atoms with Crippen molar-refractivity contribution in [3.63, 3.8) is 0 Å². The number of para-hydroxylation sites is 1. The van der Waals surface area contributed by atoms with Gasteiger partial charge < -0.3 is 5.32 Å². The van der Waals surface area contributed by atoms with Crippen molar-refractivity contribution in [2.75, 3.05) is 23.1 Å². The van der Waals surface area contributed by atoms with Crippen LogP contribution in [-0.2, 0) is 20.6 Å². The van der Waals surface area contributed by atoms with Gasteiger partial charge in [-0.15, -0.1) is 0 Å². The highest BCUT2D eigenvalue weighted by molar-refractivity contribution is 7.98.